The summed E-state index contributed by atoms with van der Waals surface area (Å²) in [6.07, 6.45) is 0.0349. The van der Waals surface area contributed by atoms with Crippen LogP contribution in [0.4, 0.5) is 4.39 Å². The molecule has 0 aromatic heterocycles. The molecular formula is C14H17ClFNO3. The molecule has 0 aliphatic carbocycles. The van der Waals surface area contributed by atoms with Crippen molar-refractivity contribution in [2.75, 3.05) is 26.8 Å². The Kier molecular flexibility index (Phi) is 5.34. The van der Waals surface area contributed by atoms with Gasteiger partial charge >= 0.3 is 5.97 Å². The van der Waals surface area contributed by atoms with Crippen LogP contribution in [0, 0.1) is 5.82 Å². The Labute approximate surface area is 122 Å². The molecule has 1 aromatic carbocycles. The fraction of sp³-hybridized carbons (Fsp3) is 0.500. The van der Waals surface area contributed by atoms with Crippen molar-refractivity contribution in [1.29, 1.82) is 0 Å². The summed E-state index contributed by atoms with van der Waals surface area (Å²) in [6.45, 7) is 2.40. The number of nitrogens with zero attached hydrogens (tertiary/aromatic N) is 1. The number of ether oxygens (including phenoxy) is 2. The second-order valence-electron chi connectivity index (χ2n) is 4.74. The highest BCUT2D eigenvalue weighted by Crippen LogP contribution is 2.20. The maximum atomic E-state index is 13.2. The van der Waals surface area contributed by atoms with Crippen LogP contribution in [0.2, 0.25) is 5.02 Å². The molecule has 20 heavy (non-hydrogen) atoms. The Morgan fingerprint density at radius 3 is 3.15 bits per heavy atom. The maximum absolute atomic E-state index is 13.2. The zero-order valence-electron chi connectivity index (χ0n) is 11.3. The summed E-state index contributed by atoms with van der Waals surface area (Å²) in [4.78, 5) is 13.3. The van der Waals surface area contributed by atoms with E-state index in [9.17, 15) is 9.18 Å². The van der Waals surface area contributed by atoms with Gasteiger partial charge in [-0.05, 0) is 23.8 Å². The third-order valence-corrected chi connectivity index (χ3v) is 3.62. The third kappa shape index (κ3) is 4.16. The Balaban J connectivity index is 1.95. The number of hydrogen-bond acceptors (Lipinski definition) is 4. The number of benzene rings is 1. The average Bonchev–Trinajstić information content (AvgIpc) is 2.43. The first-order valence-corrected chi connectivity index (χ1v) is 6.81. The first-order valence-electron chi connectivity index (χ1n) is 6.43. The van der Waals surface area contributed by atoms with Crippen LogP contribution in [0.25, 0.3) is 0 Å². The normalized spacial score (nSPS) is 19.9. The van der Waals surface area contributed by atoms with Crippen molar-refractivity contribution >= 4 is 17.6 Å². The van der Waals surface area contributed by atoms with Gasteiger partial charge < -0.3 is 9.47 Å². The summed E-state index contributed by atoms with van der Waals surface area (Å²) < 4.78 is 23.4. The Morgan fingerprint density at radius 1 is 1.60 bits per heavy atom. The number of esters is 1. The van der Waals surface area contributed by atoms with Crippen LogP contribution >= 0.6 is 11.6 Å². The molecule has 1 aromatic rings. The summed E-state index contributed by atoms with van der Waals surface area (Å²) in [6, 6.07) is 4.33. The molecule has 0 spiro atoms. The van der Waals surface area contributed by atoms with E-state index in [4.69, 9.17) is 16.3 Å². The van der Waals surface area contributed by atoms with Crippen molar-refractivity contribution in [3.8, 4) is 0 Å². The van der Waals surface area contributed by atoms with E-state index in [-0.39, 0.29) is 24.3 Å². The third-order valence-electron chi connectivity index (χ3n) is 3.25. The van der Waals surface area contributed by atoms with E-state index in [1.54, 1.807) is 6.07 Å². The van der Waals surface area contributed by atoms with Crippen molar-refractivity contribution in [3.63, 3.8) is 0 Å². The molecular weight excluding hydrogens is 285 g/mol. The van der Waals surface area contributed by atoms with Crippen molar-refractivity contribution in [2.24, 2.45) is 0 Å². The van der Waals surface area contributed by atoms with E-state index in [0.717, 1.165) is 12.1 Å². The van der Waals surface area contributed by atoms with Gasteiger partial charge in [0.1, 0.15) is 5.82 Å². The summed E-state index contributed by atoms with van der Waals surface area (Å²) in [5, 5.41) is 0.544. The molecule has 110 valence electrons. The molecule has 1 heterocycles. The van der Waals surface area contributed by atoms with Crippen LogP contribution in [0.15, 0.2) is 18.2 Å². The number of hydrogen-bond donors (Lipinski definition) is 0. The molecule has 1 fully saturated rings. The quantitative estimate of drug-likeness (QED) is 0.800. The van der Waals surface area contributed by atoms with E-state index < -0.39 is 0 Å². The zero-order chi connectivity index (χ0) is 14.5. The van der Waals surface area contributed by atoms with Gasteiger partial charge in [-0.2, -0.15) is 0 Å². The van der Waals surface area contributed by atoms with Gasteiger partial charge in [-0.25, -0.2) is 4.39 Å². The second kappa shape index (κ2) is 7.02. The summed E-state index contributed by atoms with van der Waals surface area (Å²) >= 11 is 6.06. The summed E-state index contributed by atoms with van der Waals surface area (Å²) in [7, 11) is 1.36. The molecule has 0 saturated carbocycles. The smallest absolute Gasteiger partial charge is 0.308 e. The van der Waals surface area contributed by atoms with Gasteiger partial charge in [-0.3, -0.25) is 9.69 Å². The van der Waals surface area contributed by atoms with Crippen molar-refractivity contribution < 1.29 is 18.7 Å². The van der Waals surface area contributed by atoms with E-state index in [0.29, 0.717) is 24.7 Å². The van der Waals surface area contributed by atoms with Crippen LogP contribution in [0.3, 0.4) is 0 Å². The minimum Gasteiger partial charge on any atom is -0.469 e. The van der Waals surface area contributed by atoms with Crippen molar-refractivity contribution in [3.05, 3.63) is 34.6 Å². The monoisotopic (exact) mass is 301 g/mol. The minimum atomic E-state index is -0.302. The van der Waals surface area contributed by atoms with Gasteiger partial charge in [0, 0.05) is 24.7 Å². The highest BCUT2D eigenvalue weighted by Gasteiger charge is 2.23. The summed E-state index contributed by atoms with van der Waals surface area (Å²) in [5.74, 6) is -0.593. The van der Waals surface area contributed by atoms with E-state index in [1.807, 2.05) is 0 Å². The number of halogens is 2. The van der Waals surface area contributed by atoms with Gasteiger partial charge in [-0.15, -0.1) is 0 Å². The SMILES string of the molecule is COC(=O)C[C@@H]1CN(Cc2cc(F)ccc2Cl)CCO1. The van der Waals surface area contributed by atoms with Crippen LogP contribution in [0.5, 0.6) is 0 Å². The molecule has 0 unspecified atom stereocenters. The van der Waals surface area contributed by atoms with E-state index in [2.05, 4.69) is 9.64 Å². The van der Waals surface area contributed by atoms with Crippen LogP contribution in [0.1, 0.15) is 12.0 Å². The number of methoxy groups -OCH3 is 1. The zero-order valence-corrected chi connectivity index (χ0v) is 12.0. The van der Waals surface area contributed by atoms with E-state index in [1.165, 1.54) is 19.2 Å². The molecule has 2 rings (SSSR count). The lowest BCUT2D eigenvalue weighted by atomic mass is 10.1. The van der Waals surface area contributed by atoms with Crippen LogP contribution in [-0.4, -0.2) is 43.8 Å². The maximum Gasteiger partial charge on any atom is 0.308 e. The average molecular weight is 302 g/mol. The fourth-order valence-corrected chi connectivity index (χ4v) is 2.40. The number of morpholine rings is 1. The number of carbonyl (C=O) groups excluding carboxylic acids is 1. The first-order chi connectivity index (χ1) is 9.58. The Bertz CT molecular complexity index is 483. The molecule has 0 N–H and O–H groups in total. The van der Waals surface area contributed by atoms with Gasteiger partial charge in [0.05, 0.1) is 26.2 Å². The highest BCUT2D eigenvalue weighted by molar-refractivity contribution is 6.31. The predicted octanol–water partition coefficient (Wildman–Crippen LogP) is 2.24. The molecule has 1 aliphatic heterocycles. The molecule has 6 heteroatoms. The summed E-state index contributed by atoms with van der Waals surface area (Å²) in [5.41, 5.74) is 0.741. The lowest BCUT2D eigenvalue weighted by molar-refractivity contribution is -0.145. The topological polar surface area (TPSA) is 38.8 Å². The van der Waals surface area contributed by atoms with Gasteiger partial charge in [-0.1, -0.05) is 11.6 Å². The van der Waals surface area contributed by atoms with Gasteiger partial charge in [0.15, 0.2) is 0 Å². The van der Waals surface area contributed by atoms with Crippen molar-refractivity contribution in [1.82, 2.24) is 4.90 Å². The second-order valence-corrected chi connectivity index (χ2v) is 5.15. The molecule has 1 aliphatic rings. The largest absolute Gasteiger partial charge is 0.469 e. The molecule has 1 saturated heterocycles. The number of rotatable bonds is 4. The molecule has 0 bridgehead atoms. The highest BCUT2D eigenvalue weighted by atomic mass is 35.5. The lowest BCUT2D eigenvalue weighted by Gasteiger charge is -2.32. The molecule has 1 atom stereocenters. The molecule has 0 radical (unpaired) electrons. The standard InChI is InChI=1S/C14H17ClFNO3/c1-19-14(18)7-12-9-17(4-5-20-12)8-10-6-11(16)2-3-13(10)15/h2-3,6,12H,4-5,7-9H2,1H3/t12-/m1/s1. The van der Waals surface area contributed by atoms with Gasteiger partial charge in [0.2, 0.25) is 0 Å². The number of carbonyl (C=O) groups is 1. The predicted molar refractivity (Wildman–Crippen MR) is 73.1 cm³/mol. The first kappa shape index (κ1) is 15.2. The Morgan fingerprint density at radius 2 is 2.40 bits per heavy atom. The lowest BCUT2D eigenvalue weighted by Crippen LogP contribution is -2.42. The van der Waals surface area contributed by atoms with Crippen LogP contribution in [-0.2, 0) is 20.8 Å². The van der Waals surface area contributed by atoms with Crippen molar-refractivity contribution in [2.45, 2.75) is 19.1 Å². The van der Waals surface area contributed by atoms with E-state index >= 15 is 0 Å². The fourth-order valence-electron chi connectivity index (χ4n) is 2.22. The molecule has 4 nitrogen and oxygen atoms in total. The minimum absolute atomic E-state index is 0.191. The molecule has 0 amide bonds. The van der Waals surface area contributed by atoms with Gasteiger partial charge in [0.25, 0.3) is 0 Å². The Hall–Kier alpha value is -1.17. The van der Waals surface area contributed by atoms with Crippen LogP contribution < -0.4 is 0 Å².